The molecule has 2 rings (SSSR count). The molecule has 1 saturated heterocycles. The molecule has 0 saturated carbocycles. The van der Waals surface area contributed by atoms with Crippen LogP contribution < -0.4 is 5.32 Å². The minimum absolute atomic E-state index is 0.00543. The van der Waals surface area contributed by atoms with Crippen LogP contribution in [0.5, 0.6) is 0 Å². The normalized spacial score (nSPS) is 20.5. The second-order valence-electron chi connectivity index (χ2n) is 3.99. The summed E-state index contributed by atoms with van der Waals surface area (Å²) >= 11 is 5.59. The van der Waals surface area contributed by atoms with Crippen molar-refractivity contribution in [3.05, 3.63) is 17.3 Å². The maximum Gasteiger partial charge on any atom is 0.224 e. The SMILES string of the molecule is CN1CC(Nc2nc(Cl)ncc2F)CCC1=O. The van der Waals surface area contributed by atoms with Crippen molar-refractivity contribution in [2.24, 2.45) is 0 Å². The van der Waals surface area contributed by atoms with Crippen LogP contribution >= 0.6 is 11.6 Å². The van der Waals surface area contributed by atoms with Crippen molar-refractivity contribution in [3.8, 4) is 0 Å². The van der Waals surface area contributed by atoms with Crippen molar-refractivity contribution in [2.45, 2.75) is 18.9 Å². The number of hydrogen-bond acceptors (Lipinski definition) is 4. The molecule has 1 N–H and O–H groups in total. The Hall–Kier alpha value is -1.43. The van der Waals surface area contributed by atoms with Crippen molar-refractivity contribution in [2.75, 3.05) is 18.9 Å². The minimum atomic E-state index is -0.547. The zero-order valence-corrected chi connectivity index (χ0v) is 10.0. The molecule has 1 aromatic rings. The summed E-state index contributed by atoms with van der Waals surface area (Å²) in [5, 5.41) is 2.93. The summed E-state index contributed by atoms with van der Waals surface area (Å²) in [6.07, 6.45) is 2.13. The molecular weight excluding hydrogens is 247 g/mol. The minimum Gasteiger partial charge on any atom is -0.363 e. The number of likely N-dealkylation sites (N-methyl/N-ethyl adjacent to an activating group) is 1. The Kier molecular flexibility index (Phi) is 3.42. The lowest BCUT2D eigenvalue weighted by Crippen LogP contribution is -2.43. The zero-order chi connectivity index (χ0) is 12.4. The highest BCUT2D eigenvalue weighted by molar-refractivity contribution is 6.28. The number of amides is 1. The second kappa shape index (κ2) is 4.83. The molecule has 2 heterocycles. The maximum absolute atomic E-state index is 13.4. The van der Waals surface area contributed by atoms with E-state index in [1.54, 1.807) is 11.9 Å². The van der Waals surface area contributed by atoms with Gasteiger partial charge in [0.25, 0.3) is 0 Å². The highest BCUT2D eigenvalue weighted by atomic mass is 35.5. The van der Waals surface area contributed by atoms with Gasteiger partial charge in [0.15, 0.2) is 11.6 Å². The molecule has 1 aromatic heterocycles. The van der Waals surface area contributed by atoms with E-state index in [1.165, 1.54) is 0 Å². The number of aromatic nitrogens is 2. The van der Waals surface area contributed by atoms with Crippen LogP contribution in [0.15, 0.2) is 6.20 Å². The third-order valence-corrected chi connectivity index (χ3v) is 2.86. The fourth-order valence-corrected chi connectivity index (χ4v) is 1.90. The molecule has 0 bridgehead atoms. The van der Waals surface area contributed by atoms with Crippen LogP contribution in [0.25, 0.3) is 0 Å². The predicted octanol–water partition coefficient (Wildman–Crippen LogP) is 1.30. The van der Waals surface area contributed by atoms with E-state index in [2.05, 4.69) is 15.3 Å². The average Bonchev–Trinajstić information content (AvgIpc) is 2.29. The van der Waals surface area contributed by atoms with E-state index in [0.29, 0.717) is 19.4 Å². The molecule has 7 heteroatoms. The van der Waals surface area contributed by atoms with E-state index >= 15 is 0 Å². The summed E-state index contributed by atoms with van der Waals surface area (Å²) in [7, 11) is 1.72. The Morgan fingerprint density at radius 3 is 3.12 bits per heavy atom. The molecule has 92 valence electrons. The van der Waals surface area contributed by atoms with Gasteiger partial charge in [0.1, 0.15) is 0 Å². The first-order chi connectivity index (χ1) is 8.06. The standard InChI is InChI=1S/C10H12ClFN4O/c1-16-5-6(2-3-8(16)17)14-9-7(12)4-13-10(11)15-9/h4,6H,2-3,5H2,1H3,(H,13,14,15). The maximum atomic E-state index is 13.4. The van der Waals surface area contributed by atoms with Crippen molar-refractivity contribution in [1.82, 2.24) is 14.9 Å². The van der Waals surface area contributed by atoms with Crippen LogP contribution in [0, 0.1) is 5.82 Å². The summed E-state index contributed by atoms with van der Waals surface area (Å²) < 4.78 is 13.4. The Morgan fingerprint density at radius 2 is 2.41 bits per heavy atom. The predicted molar refractivity (Wildman–Crippen MR) is 61.3 cm³/mol. The number of nitrogens with one attached hydrogen (secondary N) is 1. The third-order valence-electron chi connectivity index (χ3n) is 2.68. The fourth-order valence-electron chi connectivity index (χ4n) is 1.77. The number of halogens is 2. The van der Waals surface area contributed by atoms with Gasteiger partial charge in [-0.3, -0.25) is 4.79 Å². The first-order valence-electron chi connectivity index (χ1n) is 5.25. The van der Waals surface area contributed by atoms with E-state index in [0.717, 1.165) is 6.20 Å². The third kappa shape index (κ3) is 2.82. The molecule has 1 unspecified atom stereocenters. The lowest BCUT2D eigenvalue weighted by Gasteiger charge is -2.30. The molecule has 0 aromatic carbocycles. The number of anilines is 1. The molecule has 1 fully saturated rings. The number of carbonyl (C=O) groups is 1. The first kappa shape index (κ1) is 12.0. The van der Waals surface area contributed by atoms with Crippen LogP contribution in [0.2, 0.25) is 5.28 Å². The molecule has 0 radical (unpaired) electrons. The lowest BCUT2D eigenvalue weighted by atomic mass is 10.1. The molecule has 1 amide bonds. The Bertz CT molecular complexity index is 442. The number of carbonyl (C=O) groups excluding carboxylic acids is 1. The summed E-state index contributed by atoms with van der Waals surface area (Å²) in [6.45, 7) is 0.528. The highest BCUT2D eigenvalue weighted by Crippen LogP contribution is 2.17. The molecule has 1 atom stereocenters. The van der Waals surface area contributed by atoms with Crippen LogP contribution in [0.3, 0.4) is 0 Å². The van der Waals surface area contributed by atoms with Gasteiger partial charge >= 0.3 is 0 Å². The fraction of sp³-hybridized carbons (Fsp3) is 0.500. The molecule has 0 aliphatic carbocycles. The quantitative estimate of drug-likeness (QED) is 0.813. The van der Waals surface area contributed by atoms with Gasteiger partial charge in [-0.05, 0) is 18.0 Å². The van der Waals surface area contributed by atoms with Crippen LogP contribution in [0.1, 0.15) is 12.8 Å². The summed E-state index contributed by atoms with van der Waals surface area (Å²) in [5.41, 5.74) is 0. The highest BCUT2D eigenvalue weighted by Gasteiger charge is 2.23. The zero-order valence-electron chi connectivity index (χ0n) is 9.28. The van der Waals surface area contributed by atoms with Gasteiger partial charge in [0, 0.05) is 26.1 Å². The first-order valence-corrected chi connectivity index (χ1v) is 5.62. The van der Waals surface area contributed by atoms with Gasteiger partial charge < -0.3 is 10.2 Å². The molecule has 0 spiro atoms. The van der Waals surface area contributed by atoms with Crippen molar-refractivity contribution in [1.29, 1.82) is 0 Å². The van der Waals surface area contributed by atoms with Crippen molar-refractivity contribution >= 4 is 23.3 Å². The number of likely N-dealkylation sites (tertiary alicyclic amines) is 1. The van der Waals surface area contributed by atoms with Crippen LogP contribution in [-0.2, 0) is 4.79 Å². The molecule has 1 aliphatic rings. The average molecular weight is 259 g/mol. The number of hydrogen-bond donors (Lipinski definition) is 1. The van der Waals surface area contributed by atoms with Gasteiger partial charge in [-0.25, -0.2) is 9.37 Å². The van der Waals surface area contributed by atoms with E-state index in [1.807, 2.05) is 0 Å². The number of rotatable bonds is 2. The van der Waals surface area contributed by atoms with Gasteiger partial charge in [0.05, 0.1) is 6.20 Å². The van der Waals surface area contributed by atoms with Crippen LogP contribution in [0.4, 0.5) is 10.2 Å². The smallest absolute Gasteiger partial charge is 0.224 e. The summed E-state index contributed by atoms with van der Waals surface area (Å²) in [4.78, 5) is 20.2. The van der Waals surface area contributed by atoms with Crippen molar-refractivity contribution in [3.63, 3.8) is 0 Å². The van der Waals surface area contributed by atoms with Gasteiger partial charge in [0.2, 0.25) is 11.2 Å². The molecule has 1 aliphatic heterocycles. The molecular formula is C10H12ClFN4O. The van der Waals surface area contributed by atoms with E-state index in [-0.39, 0.29) is 23.1 Å². The number of nitrogens with zero attached hydrogens (tertiary/aromatic N) is 3. The number of piperidine rings is 1. The molecule has 17 heavy (non-hydrogen) atoms. The molecule has 5 nitrogen and oxygen atoms in total. The van der Waals surface area contributed by atoms with E-state index < -0.39 is 5.82 Å². The van der Waals surface area contributed by atoms with E-state index in [9.17, 15) is 9.18 Å². The Labute approximate surface area is 103 Å². The summed E-state index contributed by atoms with van der Waals surface area (Å²) in [5.74, 6) is -0.365. The van der Waals surface area contributed by atoms with Crippen molar-refractivity contribution < 1.29 is 9.18 Å². The van der Waals surface area contributed by atoms with Gasteiger partial charge in [-0.1, -0.05) is 0 Å². The van der Waals surface area contributed by atoms with Gasteiger partial charge in [-0.15, -0.1) is 0 Å². The largest absolute Gasteiger partial charge is 0.363 e. The Balaban J connectivity index is 2.06. The Morgan fingerprint density at radius 1 is 1.65 bits per heavy atom. The van der Waals surface area contributed by atoms with E-state index in [4.69, 9.17) is 11.6 Å². The monoisotopic (exact) mass is 258 g/mol. The lowest BCUT2D eigenvalue weighted by molar-refractivity contribution is -0.132. The summed E-state index contributed by atoms with van der Waals surface area (Å²) in [6, 6.07) is -0.0156. The topological polar surface area (TPSA) is 58.1 Å². The van der Waals surface area contributed by atoms with Crippen LogP contribution in [-0.4, -0.2) is 40.4 Å². The van der Waals surface area contributed by atoms with Gasteiger partial charge in [-0.2, -0.15) is 4.98 Å². The second-order valence-corrected chi connectivity index (χ2v) is 4.33.